The Kier molecular flexibility index (Phi) is 6.61. The van der Waals surface area contributed by atoms with Crippen LogP contribution in [0.15, 0.2) is 65.8 Å². The topological polar surface area (TPSA) is 75.2 Å². The molecule has 0 aliphatic carbocycles. The molecule has 0 aliphatic rings. The Bertz CT molecular complexity index is 1010. The van der Waals surface area contributed by atoms with E-state index in [9.17, 15) is 9.59 Å². The Hall–Kier alpha value is -3.19. The highest BCUT2D eigenvalue weighted by Gasteiger charge is 2.10. The molecule has 29 heavy (non-hydrogen) atoms. The molecule has 0 fully saturated rings. The number of carbonyl (C=O) groups is 2. The van der Waals surface area contributed by atoms with Gasteiger partial charge in [0.25, 0.3) is 5.91 Å². The van der Waals surface area contributed by atoms with Crippen LogP contribution in [0.2, 0.25) is 0 Å². The predicted octanol–water partition coefficient (Wildman–Crippen LogP) is 3.88. The first-order valence-corrected chi connectivity index (χ1v) is 10.1. The predicted molar refractivity (Wildman–Crippen MR) is 116 cm³/mol. The zero-order valence-corrected chi connectivity index (χ0v) is 17.4. The number of thioether (sulfide) groups is 1. The van der Waals surface area contributed by atoms with Crippen molar-refractivity contribution >= 4 is 29.3 Å². The van der Waals surface area contributed by atoms with E-state index in [0.29, 0.717) is 16.4 Å². The number of hydrogen-bond donors (Lipinski definition) is 1. The number of nitrogens with zero attached hydrogens (tertiary/aromatic N) is 3. The number of rotatable bonds is 6. The molecule has 0 unspecified atom stereocenters. The first-order valence-electron chi connectivity index (χ1n) is 9.08. The lowest BCUT2D eigenvalue weighted by molar-refractivity contribution is -0.113. The Labute approximate surface area is 174 Å². The summed E-state index contributed by atoms with van der Waals surface area (Å²) in [5.74, 6) is -0.0481. The number of aryl methyl sites for hydroxylation is 1. The monoisotopic (exact) mass is 406 g/mol. The third-order valence-electron chi connectivity index (χ3n) is 4.06. The molecular formula is C22H22N4O2S. The van der Waals surface area contributed by atoms with Crippen LogP contribution in [-0.2, 0) is 4.79 Å². The van der Waals surface area contributed by atoms with Crippen molar-refractivity contribution in [3.05, 3.63) is 71.9 Å². The molecule has 0 saturated carbocycles. The lowest BCUT2D eigenvalue weighted by Crippen LogP contribution is -2.21. The molecule has 0 bridgehead atoms. The summed E-state index contributed by atoms with van der Waals surface area (Å²) in [5.41, 5.74) is 3.91. The number of nitrogens with one attached hydrogen (secondary N) is 1. The average molecular weight is 407 g/mol. The van der Waals surface area contributed by atoms with Crippen LogP contribution in [0.4, 0.5) is 5.69 Å². The van der Waals surface area contributed by atoms with Crippen LogP contribution in [0.25, 0.3) is 11.3 Å². The quantitative estimate of drug-likeness (QED) is 0.497. The molecule has 1 N–H and O–H groups in total. The van der Waals surface area contributed by atoms with Crippen LogP contribution in [-0.4, -0.2) is 46.5 Å². The summed E-state index contributed by atoms with van der Waals surface area (Å²) < 4.78 is 0. The minimum absolute atomic E-state index is 0.0794. The second-order valence-corrected chi connectivity index (χ2v) is 7.60. The van der Waals surface area contributed by atoms with Crippen LogP contribution in [0.3, 0.4) is 0 Å². The maximum absolute atomic E-state index is 12.3. The van der Waals surface area contributed by atoms with Gasteiger partial charge in [-0.1, -0.05) is 42.1 Å². The SMILES string of the molecule is Cc1cc(-c2ccccc2)nc(SCC(=O)Nc2ccc(C(=O)N(C)C)cc2)n1. The maximum Gasteiger partial charge on any atom is 0.253 e. The second-order valence-electron chi connectivity index (χ2n) is 6.66. The van der Waals surface area contributed by atoms with Crippen LogP contribution in [0.1, 0.15) is 16.1 Å². The van der Waals surface area contributed by atoms with Gasteiger partial charge in [0, 0.05) is 36.6 Å². The number of aromatic nitrogens is 2. The molecule has 0 saturated heterocycles. The van der Waals surface area contributed by atoms with Gasteiger partial charge in [-0.2, -0.15) is 0 Å². The summed E-state index contributed by atoms with van der Waals surface area (Å²) in [6.45, 7) is 1.91. The van der Waals surface area contributed by atoms with Crippen molar-refractivity contribution in [1.29, 1.82) is 0 Å². The summed E-state index contributed by atoms with van der Waals surface area (Å²) in [6, 6.07) is 18.6. The van der Waals surface area contributed by atoms with Gasteiger partial charge in [0.1, 0.15) is 0 Å². The fourth-order valence-electron chi connectivity index (χ4n) is 2.64. The number of carbonyl (C=O) groups excluding carboxylic acids is 2. The molecule has 3 aromatic rings. The van der Waals surface area contributed by atoms with E-state index in [1.54, 1.807) is 38.4 Å². The van der Waals surface area contributed by atoms with Crippen molar-refractivity contribution in [2.75, 3.05) is 25.2 Å². The molecule has 3 rings (SSSR count). The van der Waals surface area contributed by atoms with Gasteiger partial charge in [-0.05, 0) is 37.3 Å². The summed E-state index contributed by atoms with van der Waals surface area (Å²) >= 11 is 1.29. The second kappa shape index (κ2) is 9.34. The third kappa shape index (κ3) is 5.65. The van der Waals surface area contributed by atoms with E-state index in [-0.39, 0.29) is 17.6 Å². The lowest BCUT2D eigenvalue weighted by Gasteiger charge is -2.11. The van der Waals surface area contributed by atoms with Crippen LogP contribution in [0, 0.1) is 6.92 Å². The van der Waals surface area contributed by atoms with Gasteiger partial charge >= 0.3 is 0 Å². The Balaban J connectivity index is 1.61. The Morgan fingerprint density at radius 2 is 1.69 bits per heavy atom. The van der Waals surface area contributed by atoms with E-state index < -0.39 is 0 Å². The molecule has 1 aromatic heterocycles. The third-order valence-corrected chi connectivity index (χ3v) is 4.90. The van der Waals surface area contributed by atoms with Crippen molar-refractivity contribution in [2.24, 2.45) is 0 Å². The normalized spacial score (nSPS) is 10.4. The summed E-state index contributed by atoms with van der Waals surface area (Å²) in [4.78, 5) is 34.7. The summed E-state index contributed by atoms with van der Waals surface area (Å²) in [6.07, 6.45) is 0. The fourth-order valence-corrected chi connectivity index (χ4v) is 3.35. The summed E-state index contributed by atoms with van der Waals surface area (Å²) in [7, 11) is 3.40. The van der Waals surface area contributed by atoms with E-state index in [1.807, 2.05) is 43.3 Å². The van der Waals surface area contributed by atoms with Crippen molar-refractivity contribution in [3.8, 4) is 11.3 Å². The van der Waals surface area contributed by atoms with E-state index in [0.717, 1.165) is 17.0 Å². The molecule has 0 spiro atoms. The molecular weight excluding hydrogens is 384 g/mol. The Morgan fingerprint density at radius 1 is 1.00 bits per heavy atom. The molecule has 0 atom stereocenters. The number of anilines is 1. The summed E-state index contributed by atoms with van der Waals surface area (Å²) in [5, 5.41) is 3.39. The first kappa shape index (κ1) is 20.5. The molecule has 2 amide bonds. The van der Waals surface area contributed by atoms with Gasteiger partial charge in [0.05, 0.1) is 11.4 Å². The number of benzene rings is 2. The fraction of sp³-hybridized carbons (Fsp3) is 0.182. The van der Waals surface area contributed by atoms with E-state index >= 15 is 0 Å². The number of hydrogen-bond acceptors (Lipinski definition) is 5. The van der Waals surface area contributed by atoms with Gasteiger partial charge in [-0.25, -0.2) is 9.97 Å². The van der Waals surface area contributed by atoms with E-state index in [1.165, 1.54) is 16.7 Å². The zero-order chi connectivity index (χ0) is 20.8. The molecule has 1 heterocycles. The number of amides is 2. The van der Waals surface area contributed by atoms with Crippen molar-refractivity contribution in [3.63, 3.8) is 0 Å². The van der Waals surface area contributed by atoms with Crippen molar-refractivity contribution in [2.45, 2.75) is 12.1 Å². The van der Waals surface area contributed by atoms with Crippen LogP contribution in [0.5, 0.6) is 0 Å². The molecule has 6 nitrogen and oxygen atoms in total. The molecule has 148 valence electrons. The van der Waals surface area contributed by atoms with Crippen molar-refractivity contribution in [1.82, 2.24) is 14.9 Å². The smallest absolute Gasteiger partial charge is 0.253 e. The first-order chi connectivity index (χ1) is 13.9. The van der Waals surface area contributed by atoms with Crippen LogP contribution < -0.4 is 5.32 Å². The van der Waals surface area contributed by atoms with Crippen molar-refractivity contribution < 1.29 is 9.59 Å². The van der Waals surface area contributed by atoms with Gasteiger partial charge in [0.2, 0.25) is 5.91 Å². The standard InChI is InChI=1S/C22H22N4O2S/c1-15-13-19(16-7-5-4-6-8-16)25-22(23-15)29-14-20(27)24-18-11-9-17(10-12-18)21(28)26(2)3/h4-13H,14H2,1-3H3,(H,24,27). The van der Waals surface area contributed by atoms with E-state index in [2.05, 4.69) is 15.3 Å². The molecule has 0 aliphatic heterocycles. The highest BCUT2D eigenvalue weighted by Crippen LogP contribution is 2.22. The zero-order valence-electron chi connectivity index (χ0n) is 16.5. The van der Waals surface area contributed by atoms with Gasteiger partial charge in [-0.15, -0.1) is 0 Å². The van der Waals surface area contributed by atoms with Gasteiger partial charge < -0.3 is 10.2 Å². The average Bonchev–Trinajstić information content (AvgIpc) is 2.72. The van der Waals surface area contributed by atoms with Gasteiger partial charge in [0.15, 0.2) is 5.16 Å². The minimum atomic E-state index is -0.159. The Morgan fingerprint density at radius 3 is 2.34 bits per heavy atom. The molecule has 7 heteroatoms. The highest BCUT2D eigenvalue weighted by atomic mass is 32.2. The van der Waals surface area contributed by atoms with Gasteiger partial charge in [-0.3, -0.25) is 9.59 Å². The van der Waals surface area contributed by atoms with Crippen LogP contribution >= 0.6 is 11.8 Å². The molecule has 2 aromatic carbocycles. The largest absolute Gasteiger partial charge is 0.345 e. The molecule has 0 radical (unpaired) electrons. The minimum Gasteiger partial charge on any atom is -0.345 e. The maximum atomic E-state index is 12.3. The van der Waals surface area contributed by atoms with E-state index in [4.69, 9.17) is 0 Å². The highest BCUT2D eigenvalue weighted by molar-refractivity contribution is 7.99. The lowest BCUT2D eigenvalue weighted by atomic mass is 10.1.